The summed E-state index contributed by atoms with van der Waals surface area (Å²) in [6.45, 7) is 9.92. The fourth-order valence-electron chi connectivity index (χ4n) is 8.51. The fourth-order valence-corrected chi connectivity index (χ4v) is 8.51. The summed E-state index contributed by atoms with van der Waals surface area (Å²) in [6, 6.07) is 5.77. The zero-order valence-corrected chi connectivity index (χ0v) is 29.8. The number of hydrogen-bond acceptors (Lipinski definition) is 10. The summed E-state index contributed by atoms with van der Waals surface area (Å²) in [5.74, 6) is -2.70. The number of rotatable bonds is 12. The molecule has 10 unspecified atom stereocenters. The van der Waals surface area contributed by atoms with Gasteiger partial charge in [0.15, 0.2) is 11.9 Å². The van der Waals surface area contributed by atoms with Crippen LogP contribution < -0.4 is 10.6 Å². The number of nitrogens with one attached hydrogen (secondary N) is 3. The molecule has 13 heteroatoms. The second-order valence-corrected chi connectivity index (χ2v) is 15.2. The van der Waals surface area contributed by atoms with Crippen LogP contribution in [0.2, 0.25) is 0 Å². The van der Waals surface area contributed by atoms with Crippen LogP contribution >= 0.6 is 0 Å². The van der Waals surface area contributed by atoms with E-state index in [9.17, 15) is 19.2 Å². The summed E-state index contributed by atoms with van der Waals surface area (Å²) >= 11 is 0. The van der Waals surface area contributed by atoms with Gasteiger partial charge < -0.3 is 34.6 Å². The predicted octanol–water partition coefficient (Wildman–Crippen LogP) is 4.43. The van der Waals surface area contributed by atoms with E-state index in [4.69, 9.17) is 28.7 Å². The van der Waals surface area contributed by atoms with E-state index in [-0.39, 0.29) is 42.9 Å². The summed E-state index contributed by atoms with van der Waals surface area (Å²) in [5.41, 5.74) is 0.982. The predicted molar refractivity (Wildman–Crippen MR) is 179 cm³/mol. The summed E-state index contributed by atoms with van der Waals surface area (Å²) in [6.07, 6.45) is 3.74. The minimum Gasteiger partial charge on any atom is -0.467 e. The van der Waals surface area contributed by atoms with Gasteiger partial charge in [-0.1, -0.05) is 45.9 Å². The van der Waals surface area contributed by atoms with Crippen molar-refractivity contribution in [2.75, 3.05) is 7.11 Å². The first kappa shape index (κ1) is 36.3. The molecule has 1 aromatic carbocycles. The van der Waals surface area contributed by atoms with E-state index in [0.29, 0.717) is 18.8 Å². The van der Waals surface area contributed by atoms with E-state index in [1.54, 1.807) is 6.20 Å². The Morgan fingerprint density at radius 3 is 2.54 bits per heavy atom. The summed E-state index contributed by atoms with van der Waals surface area (Å²) in [5, 5.41) is 6.49. The van der Waals surface area contributed by atoms with Crippen LogP contribution in [0.1, 0.15) is 85.1 Å². The third kappa shape index (κ3) is 7.15. The molecule has 2 amide bonds. The SMILES string of the molecule is COC(=O)C(Cc1c[nH]c2ccccc12)NC(=O)C(CC(C)C)NC(=O)CCC(=O)OC1OC2OC3(C)CCC4C(C)CCC(C1C)C24OO3. The molecule has 1 aliphatic carbocycles. The third-order valence-corrected chi connectivity index (χ3v) is 11.2. The van der Waals surface area contributed by atoms with Gasteiger partial charge in [-0.15, -0.1) is 0 Å². The lowest BCUT2D eigenvalue weighted by Crippen LogP contribution is -2.70. The molecule has 3 N–H and O–H groups in total. The number of benzene rings is 1. The maximum absolute atomic E-state index is 13.5. The van der Waals surface area contributed by atoms with E-state index in [1.165, 1.54) is 7.11 Å². The summed E-state index contributed by atoms with van der Waals surface area (Å²) in [4.78, 5) is 67.7. The smallest absolute Gasteiger partial charge is 0.328 e. The van der Waals surface area contributed by atoms with E-state index in [1.807, 2.05) is 52.0 Å². The van der Waals surface area contributed by atoms with Gasteiger partial charge in [0.1, 0.15) is 12.1 Å². The lowest BCUT2D eigenvalue weighted by atomic mass is 9.58. The molecule has 50 heavy (non-hydrogen) atoms. The van der Waals surface area contributed by atoms with Crippen molar-refractivity contribution < 1.29 is 47.9 Å². The molecule has 13 nitrogen and oxygen atoms in total. The zero-order chi connectivity index (χ0) is 35.8. The molecule has 1 spiro atoms. The van der Waals surface area contributed by atoms with Crippen molar-refractivity contribution in [2.24, 2.45) is 29.6 Å². The molecule has 7 rings (SSSR count). The number of H-pyrrole nitrogens is 1. The number of amides is 2. The van der Waals surface area contributed by atoms with Crippen molar-refractivity contribution in [3.63, 3.8) is 0 Å². The third-order valence-electron chi connectivity index (χ3n) is 11.2. The molecule has 4 saturated heterocycles. The van der Waals surface area contributed by atoms with Crippen LogP contribution in [0.3, 0.4) is 0 Å². The Labute approximate surface area is 292 Å². The quantitative estimate of drug-likeness (QED) is 0.214. The molecule has 1 aromatic heterocycles. The molecule has 4 aliphatic heterocycles. The Morgan fingerprint density at radius 2 is 1.78 bits per heavy atom. The maximum atomic E-state index is 13.5. The Morgan fingerprint density at radius 1 is 1.00 bits per heavy atom. The Balaban J connectivity index is 1.05. The molecule has 5 aliphatic rings. The number of carbonyl (C=O) groups excluding carboxylic acids is 4. The van der Waals surface area contributed by atoms with Crippen LogP contribution in [-0.4, -0.2) is 71.9 Å². The Hall–Kier alpha value is -3.52. The number of aromatic nitrogens is 1. The van der Waals surface area contributed by atoms with Crippen molar-refractivity contribution in [2.45, 2.75) is 122 Å². The highest BCUT2D eigenvalue weighted by Crippen LogP contribution is 2.60. The minimum absolute atomic E-state index is 0.00807. The lowest BCUT2D eigenvalue weighted by Gasteiger charge is -2.59. The topological polar surface area (TPSA) is 164 Å². The Bertz CT molecular complexity index is 1580. The van der Waals surface area contributed by atoms with Crippen LogP contribution in [0.5, 0.6) is 0 Å². The average molecular weight is 698 g/mol. The van der Waals surface area contributed by atoms with Crippen molar-refractivity contribution in [3.8, 4) is 0 Å². The van der Waals surface area contributed by atoms with Crippen LogP contribution in [0.4, 0.5) is 0 Å². The number of esters is 2. The molecule has 2 bridgehead atoms. The highest BCUT2D eigenvalue weighted by molar-refractivity contribution is 5.92. The van der Waals surface area contributed by atoms with Gasteiger partial charge in [0.05, 0.1) is 13.5 Å². The van der Waals surface area contributed by atoms with Crippen molar-refractivity contribution >= 4 is 34.7 Å². The molecular formula is C37H51N3O10. The Kier molecular flexibility index (Phi) is 10.6. The van der Waals surface area contributed by atoms with Crippen molar-refractivity contribution in [1.29, 1.82) is 0 Å². The zero-order valence-electron chi connectivity index (χ0n) is 29.8. The number of aromatic amines is 1. The second kappa shape index (κ2) is 14.6. The molecule has 274 valence electrons. The van der Waals surface area contributed by atoms with Gasteiger partial charge in [0, 0.05) is 48.2 Å². The lowest BCUT2D eigenvalue weighted by molar-refractivity contribution is -0.576. The second-order valence-electron chi connectivity index (χ2n) is 15.2. The van der Waals surface area contributed by atoms with Crippen molar-refractivity contribution in [1.82, 2.24) is 15.6 Å². The first-order valence-corrected chi connectivity index (χ1v) is 18.0. The van der Waals surface area contributed by atoms with Crippen LogP contribution in [0.25, 0.3) is 10.9 Å². The molecule has 2 aromatic rings. The average Bonchev–Trinajstić information content (AvgIpc) is 3.35. The number of ether oxygens (including phenoxy) is 4. The molecule has 1 saturated carbocycles. The van der Waals surface area contributed by atoms with Gasteiger partial charge in [0.25, 0.3) is 0 Å². The van der Waals surface area contributed by atoms with Gasteiger partial charge in [-0.25, -0.2) is 14.6 Å². The van der Waals surface area contributed by atoms with E-state index in [2.05, 4.69) is 22.5 Å². The van der Waals surface area contributed by atoms with Gasteiger partial charge in [-0.2, -0.15) is 0 Å². The number of methoxy groups -OCH3 is 1. The normalized spacial score (nSPS) is 32.8. The molecular weight excluding hydrogens is 646 g/mol. The van der Waals surface area contributed by atoms with Gasteiger partial charge in [-0.3, -0.25) is 14.4 Å². The van der Waals surface area contributed by atoms with E-state index >= 15 is 0 Å². The number of fused-ring (bicyclic) bond motifs is 3. The largest absolute Gasteiger partial charge is 0.467 e. The number of hydrogen-bond donors (Lipinski definition) is 3. The monoisotopic (exact) mass is 697 g/mol. The summed E-state index contributed by atoms with van der Waals surface area (Å²) in [7, 11) is 1.27. The molecule has 0 radical (unpaired) electrons. The summed E-state index contributed by atoms with van der Waals surface area (Å²) < 4.78 is 23.5. The highest BCUT2D eigenvalue weighted by atomic mass is 17.3. The van der Waals surface area contributed by atoms with Crippen molar-refractivity contribution in [3.05, 3.63) is 36.0 Å². The molecule has 10 atom stereocenters. The van der Waals surface area contributed by atoms with E-state index < -0.39 is 59.8 Å². The highest BCUT2D eigenvalue weighted by Gasteiger charge is 2.69. The number of para-hydroxylation sites is 1. The first-order chi connectivity index (χ1) is 23.8. The van der Waals surface area contributed by atoms with Gasteiger partial charge in [0.2, 0.25) is 23.9 Å². The minimum atomic E-state index is -0.972. The van der Waals surface area contributed by atoms with Crippen LogP contribution in [0, 0.1) is 29.6 Å². The maximum Gasteiger partial charge on any atom is 0.328 e. The molecule has 5 fully saturated rings. The van der Waals surface area contributed by atoms with Gasteiger partial charge in [-0.05, 0) is 62.0 Å². The van der Waals surface area contributed by atoms with E-state index in [0.717, 1.165) is 35.7 Å². The number of carbonyl (C=O) groups is 4. The van der Waals surface area contributed by atoms with Gasteiger partial charge >= 0.3 is 11.9 Å². The fraction of sp³-hybridized carbons (Fsp3) is 0.676. The first-order valence-electron chi connectivity index (χ1n) is 18.0. The van der Waals surface area contributed by atoms with Crippen LogP contribution in [-0.2, 0) is 54.3 Å². The standard InChI is InChI=1S/C37H51N3O10/c1-20(2)17-28(32(43)40-29(33(44)45-6)18-23-19-38-27-10-8-7-9-24(23)27)39-30(41)13-14-31(42)46-34-22(4)26-12-11-21(3)25-15-16-36(5)48-35(47-34)37(25,26)50-49-36/h7-10,19-22,25-26,28-29,34-35,38H,11-18H2,1-6H3,(H,39,41)(H,40,43). The molecule has 5 heterocycles. The van der Waals surface area contributed by atoms with Crippen LogP contribution in [0.15, 0.2) is 30.5 Å².